The third-order valence-electron chi connectivity index (χ3n) is 9.90. The van der Waals surface area contributed by atoms with Crippen molar-refractivity contribution in [1.82, 2.24) is 29.7 Å². The summed E-state index contributed by atoms with van der Waals surface area (Å²) in [5.41, 5.74) is 4.24. The first-order valence-electron chi connectivity index (χ1n) is 16.0. The molecule has 2 aromatic heterocycles. The van der Waals surface area contributed by atoms with Crippen LogP contribution >= 0.6 is 0 Å². The first-order chi connectivity index (χ1) is 21.8. The van der Waals surface area contributed by atoms with Crippen molar-refractivity contribution in [2.45, 2.75) is 44.9 Å². The van der Waals surface area contributed by atoms with Gasteiger partial charge in [0, 0.05) is 74.1 Å². The molecule has 0 amide bonds. The Kier molecular flexibility index (Phi) is 8.14. The van der Waals surface area contributed by atoms with Crippen molar-refractivity contribution in [2.75, 3.05) is 63.8 Å². The van der Waals surface area contributed by atoms with Crippen LogP contribution in [0.15, 0.2) is 48.8 Å². The molecule has 1 N–H and O–H groups in total. The Morgan fingerprint density at radius 1 is 0.889 bits per heavy atom. The van der Waals surface area contributed by atoms with Gasteiger partial charge in [-0.1, -0.05) is 12.1 Å². The first-order valence-corrected chi connectivity index (χ1v) is 16.0. The molecule has 3 saturated heterocycles. The molecule has 2 aromatic carbocycles. The number of nitriles is 1. The van der Waals surface area contributed by atoms with Crippen molar-refractivity contribution < 1.29 is 13.2 Å². The molecule has 45 heavy (non-hydrogen) atoms. The highest BCUT2D eigenvalue weighted by Gasteiger charge is 2.45. The van der Waals surface area contributed by atoms with Gasteiger partial charge in [-0.3, -0.25) is 4.90 Å². The summed E-state index contributed by atoms with van der Waals surface area (Å²) >= 11 is 0. The minimum atomic E-state index is -4.25. The second-order valence-corrected chi connectivity index (χ2v) is 13.1. The minimum Gasteiger partial charge on any atom is -0.355 e. The van der Waals surface area contributed by atoms with Crippen LogP contribution in [0.25, 0.3) is 21.8 Å². The maximum atomic E-state index is 13.0. The van der Waals surface area contributed by atoms with Gasteiger partial charge in [0.2, 0.25) is 0 Å². The van der Waals surface area contributed by atoms with Gasteiger partial charge in [0.05, 0.1) is 11.9 Å². The predicted molar refractivity (Wildman–Crippen MR) is 169 cm³/mol. The summed E-state index contributed by atoms with van der Waals surface area (Å²) in [4.78, 5) is 16.0. The van der Waals surface area contributed by atoms with E-state index in [1.165, 1.54) is 18.0 Å². The van der Waals surface area contributed by atoms with Gasteiger partial charge in [0.25, 0.3) is 0 Å². The number of nitrogens with one attached hydrogen (secondary N) is 1. The van der Waals surface area contributed by atoms with E-state index in [1.807, 2.05) is 6.07 Å². The van der Waals surface area contributed by atoms with E-state index < -0.39 is 12.6 Å². The Hall–Kier alpha value is -3.72. The summed E-state index contributed by atoms with van der Waals surface area (Å²) in [6.07, 6.45) is -0.509. The summed E-state index contributed by atoms with van der Waals surface area (Å²) < 4.78 is 41.2. The van der Waals surface area contributed by atoms with Gasteiger partial charge in [0.1, 0.15) is 23.9 Å². The van der Waals surface area contributed by atoms with Gasteiger partial charge >= 0.3 is 6.18 Å². The number of hydrogen-bond acceptors (Lipinski definition) is 7. The van der Waals surface area contributed by atoms with E-state index in [0.29, 0.717) is 10.9 Å². The second kappa shape index (κ2) is 12.2. The summed E-state index contributed by atoms with van der Waals surface area (Å²) in [7, 11) is 0. The van der Waals surface area contributed by atoms with Crippen molar-refractivity contribution in [3.8, 4) is 6.07 Å². The topological polar surface area (TPSA) is 76.2 Å². The maximum Gasteiger partial charge on any atom is 0.393 e. The lowest BCUT2D eigenvalue weighted by Crippen LogP contribution is -2.60. The van der Waals surface area contributed by atoms with Crippen LogP contribution in [0.3, 0.4) is 0 Å². The number of halogens is 3. The number of alkyl halides is 3. The number of benzene rings is 2. The van der Waals surface area contributed by atoms with Crippen molar-refractivity contribution in [1.29, 1.82) is 5.26 Å². The van der Waals surface area contributed by atoms with Crippen LogP contribution in [0.5, 0.6) is 0 Å². The summed E-state index contributed by atoms with van der Waals surface area (Å²) in [5, 5.41) is 15.0. The Morgan fingerprint density at radius 3 is 2.42 bits per heavy atom. The number of nitrogens with zero attached hydrogens (tertiary/aromatic N) is 7. The van der Waals surface area contributed by atoms with Crippen LogP contribution < -0.4 is 10.2 Å². The van der Waals surface area contributed by atoms with Crippen LogP contribution in [0.1, 0.15) is 36.1 Å². The molecule has 3 aliphatic heterocycles. The van der Waals surface area contributed by atoms with Crippen molar-refractivity contribution >= 4 is 27.6 Å². The fraction of sp³-hybridized carbons (Fsp3) is 0.500. The number of fused-ring (bicyclic) bond motifs is 2. The number of piperidine rings is 1. The average Bonchev–Trinajstić information content (AvgIpc) is 3.37. The van der Waals surface area contributed by atoms with Crippen LogP contribution in [0.2, 0.25) is 0 Å². The number of anilines is 1. The highest BCUT2D eigenvalue weighted by molar-refractivity contribution is 5.90. The van der Waals surface area contributed by atoms with E-state index in [1.54, 1.807) is 12.1 Å². The highest BCUT2D eigenvalue weighted by atomic mass is 19.4. The molecular formula is C34H39F3N8. The second-order valence-electron chi connectivity index (χ2n) is 13.1. The molecule has 0 aliphatic carbocycles. The molecule has 11 heteroatoms. The zero-order valence-corrected chi connectivity index (χ0v) is 25.5. The fourth-order valence-corrected chi connectivity index (χ4v) is 7.50. The van der Waals surface area contributed by atoms with Crippen molar-refractivity contribution in [3.05, 3.63) is 65.6 Å². The van der Waals surface area contributed by atoms with Gasteiger partial charge in [-0.2, -0.15) is 18.4 Å². The third-order valence-corrected chi connectivity index (χ3v) is 9.90. The molecule has 4 aromatic rings. The zero-order chi connectivity index (χ0) is 31.0. The van der Waals surface area contributed by atoms with E-state index in [0.717, 1.165) is 114 Å². The number of aromatic nitrogens is 3. The van der Waals surface area contributed by atoms with E-state index >= 15 is 0 Å². The number of rotatable bonds is 8. The summed E-state index contributed by atoms with van der Waals surface area (Å²) in [6, 6.07) is 15.8. The Balaban J connectivity index is 0.953. The smallest absolute Gasteiger partial charge is 0.355 e. The first kappa shape index (κ1) is 30.0. The van der Waals surface area contributed by atoms with E-state index in [-0.39, 0.29) is 11.0 Å². The highest BCUT2D eigenvalue weighted by Crippen LogP contribution is 2.44. The normalized spacial score (nSPS) is 19.3. The number of likely N-dealkylation sites (tertiary alicyclic amines) is 1. The van der Waals surface area contributed by atoms with Crippen LogP contribution in [-0.2, 0) is 19.5 Å². The Morgan fingerprint density at radius 2 is 1.67 bits per heavy atom. The molecule has 236 valence electrons. The number of hydrogen-bond donors (Lipinski definition) is 1. The van der Waals surface area contributed by atoms with Gasteiger partial charge in [0.15, 0.2) is 0 Å². The lowest BCUT2D eigenvalue weighted by molar-refractivity contribution is -0.127. The van der Waals surface area contributed by atoms with E-state index in [2.05, 4.69) is 58.8 Å². The predicted octanol–water partition coefficient (Wildman–Crippen LogP) is 4.96. The molecule has 8 nitrogen and oxygen atoms in total. The van der Waals surface area contributed by atoms with Gasteiger partial charge in [-0.15, -0.1) is 0 Å². The summed E-state index contributed by atoms with van der Waals surface area (Å²) in [6.45, 7) is 10.8. The van der Waals surface area contributed by atoms with Crippen LogP contribution in [0.4, 0.5) is 19.0 Å². The molecule has 0 radical (unpaired) electrons. The number of piperazine rings is 1. The molecule has 1 spiro atoms. The van der Waals surface area contributed by atoms with Gasteiger partial charge in [-0.05, 0) is 80.4 Å². The van der Waals surface area contributed by atoms with Crippen molar-refractivity contribution in [3.63, 3.8) is 0 Å². The zero-order valence-electron chi connectivity index (χ0n) is 25.5. The molecular weight excluding hydrogens is 577 g/mol. The average molecular weight is 617 g/mol. The SMILES string of the molecule is N#Cc1cc2cc(CN3CCC4(CC3)CN(c3ncnc5ccc(CC(F)(F)F)cc35)C4)ccc2n1CCCN1CCNCC1. The van der Waals surface area contributed by atoms with E-state index in [9.17, 15) is 18.4 Å². The van der Waals surface area contributed by atoms with Gasteiger partial charge in [-0.25, -0.2) is 9.97 Å². The molecule has 7 rings (SSSR count). The molecule has 0 bridgehead atoms. The molecule has 3 aliphatic rings. The summed E-state index contributed by atoms with van der Waals surface area (Å²) in [5.74, 6) is 0.734. The third kappa shape index (κ3) is 6.50. The van der Waals surface area contributed by atoms with E-state index in [4.69, 9.17) is 0 Å². The lowest BCUT2D eigenvalue weighted by atomic mass is 9.72. The van der Waals surface area contributed by atoms with Crippen molar-refractivity contribution in [2.24, 2.45) is 5.41 Å². The Bertz CT molecular complexity index is 1700. The van der Waals surface area contributed by atoms with Crippen LogP contribution in [-0.4, -0.2) is 89.4 Å². The lowest BCUT2D eigenvalue weighted by Gasteiger charge is -2.54. The molecule has 0 unspecified atom stereocenters. The largest absolute Gasteiger partial charge is 0.393 e. The molecule has 0 atom stereocenters. The monoisotopic (exact) mass is 616 g/mol. The fourth-order valence-electron chi connectivity index (χ4n) is 7.50. The standard InChI is InChI=1S/C34H39F3N8/c35-34(36,37)19-25-2-4-30-29(17-25)32(41-24-40-30)44-22-33(23-44)6-12-43(13-7-33)21-26-3-5-31-27(16-26)18-28(20-38)45(31)11-1-10-42-14-8-39-9-15-42/h2-5,16-18,24,39H,1,6-15,19,21-23H2. The minimum absolute atomic E-state index is 0.213. The quantitative estimate of drug-likeness (QED) is 0.300. The molecule has 5 heterocycles. The molecule has 0 saturated carbocycles. The Labute approximate surface area is 261 Å². The number of aryl methyl sites for hydroxylation is 1. The molecule has 3 fully saturated rings. The maximum absolute atomic E-state index is 13.0. The van der Waals surface area contributed by atoms with Gasteiger partial charge < -0.3 is 19.7 Å². The van der Waals surface area contributed by atoms with Crippen LogP contribution in [0, 0.1) is 16.7 Å².